The number of benzene rings is 1. The van der Waals surface area contributed by atoms with Gasteiger partial charge in [-0.05, 0) is 6.07 Å². The highest BCUT2D eigenvalue weighted by Crippen LogP contribution is 2.29. The largest absolute Gasteiger partial charge is 0.494 e. The fraction of sp³-hybridized carbons (Fsp3) is 0.333. The average molecular weight is 350 g/mol. The van der Waals surface area contributed by atoms with E-state index in [2.05, 4.69) is 10.6 Å². The summed E-state index contributed by atoms with van der Waals surface area (Å²) in [6.07, 6.45) is 0.687. The lowest BCUT2D eigenvalue weighted by atomic mass is 10.2. The third-order valence-corrected chi connectivity index (χ3v) is 3.07. The molecule has 0 fully saturated rings. The minimum atomic E-state index is -0.700. The van der Waals surface area contributed by atoms with Gasteiger partial charge in [-0.1, -0.05) is 0 Å². The number of ether oxygens (including phenoxy) is 3. The first-order chi connectivity index (χ1) is 12.0. The Balaban J connectivity index is 2.85. The number of carbonyl (C=O) groups is 1. The van der Waals surface area contributed by atoms with Crippen molar-refractivity contribution in [3.05, 3.63) is 40.1 Å². The summed E-state index contributed by atoms with van der Waals surface area (Å²) in [6, 6.07) is 5.47. The smallest absolute Gasteiger partial charge is 0.273 e. The summed E-state index contributed by atoms with van der Waals surface area (Å²) in [4.78, 5) is 22.3. The Morgan fingerprint density at radius 2 is 2.08 bits per heavy atom. The molecular formula is C15H18N4O6. The highest BCUT2D eigenvalue weighted by atomic mass is 16.7. The second kappa shape index (κ2) is 9.86. The first kappa shape index (κ1) is 19.9. The van der Waals surface area contributed by atoms with Crippen molar-refractivity contribution in [1.82, 2.24) is 5.32 Å². The van der Waals surface area contributed by atoms with Crippen molar-refractivity contribution in [2.24, 2.45) is 0 Å². The molecule has 0 aliphatic heterocycles. The van der Waals surface area contributed by atoms with E-state index in [-0.39, 0.29) is 29.2 Å². The molecule has 0 heterocycles. The van der Waals surface area contributed by atoms with Gasteiger partial charge < -0.3 is 24.8 Å². The van der Waals surface area contributed by atoms with Crippen LogP contribution in [0, 0.1) is 21.4 Å². The second-order valence-electron chi connectivity index (χ2n) is 4.57. The fourth-order valence-electron chi connectivity index (χ4n) is 1.76. The summed E-state index contributed by atoms with van der Waals surface area (Å²) >= 11 is 0. The number of hydrogen-bond donors (Lipinski definition) is 2. The Morgan fingerprint density at radius 3 is 2.60 bits per heavy atom. The molecule has 0 aliphatic carbocycles. The number of non-ortho nitro benzene ring substituents is 1. The number of nitrogens with zero attached hydrogens (tertiary/aromatic N) is 2. The van der Waals surface area contributed by atoms with E-state index in [9.17, 15) is 14.9 Å². The monoisotopic (exact) mass is 350 g/mol. The maximum absolute atomic E-state index is 12.2. The predicted molar refractivity (Wildman–Crippen MR) is 87.8 cm³/mol. The molecule has 25 heavy (non-hydrogen) atoms. The number of nitrogens with one attached hydrogen (secondary N) is 2. The quantitative estimate of drug-likeness (QED) is 0.223. The maximum Gasteiger partial charge on any atom is 0.273 e. The van der Waals surface area contributed by atoms with Crippen molar-refractivity contribution in [1.29, 1.82) is 5.26 Å². The zero-order valence-electron chi connectivity index (χ0n) is 13.9. The molecule has 0 atom stereocenters. The minimum Gasteiger partial charge on any atom is -0.494 e. The van der Waals surface area contributed by atoms with Crippen LogP contribution in [-0.2, 0) is 14.3 Å². The summed E-state index contributed by atoms with van der Waals surface area (Å²) in [6.45, 7) is 0.228. The van der Waals surface area contributed by atoms with Crippen molar-refractivity contribution in [2.45, 2.75) is 6.29 Å². The van der Waals surface area contributed by atoms with Gasteiger partial charge in [-0.15, -0.1) is 0 Å². The van der Waals surface area contributed by atoms with E-state index in [1.807, 2.05) is 0 Å². The van der Waals surface area contributed by atoms with Crippen LogP contribution in [0.3, 0.4) is 0 Å². The second-order valence-corrected chi connectivity index (χ2v) is 4.57. The van der Waals surface area contributed by atoms with E-state index >= 15 is 0 Å². The number of anilines is 1. The van der Waals surface area contributed by atoms with Crippen LogP contribution < -0.4 is 15.4 Å². The van der Waals surface area contributed by atoms with Gasteiger partial charge in [0.25, 0.3) is 11.6 Å². The molecular weight excluding hydrogens is 332 g/mol. The molecule has 10 nitrogen and oxygen atoms in total. The topological polar surface area (TPSA) is 136 Å². The van der Waals surface area contributed by atoms with Gasteiger partial charge in [-0.2, -0.15) is 5.26 Å². The van der Waals surface area contributed by atoms with Crippen LogP contribution >= 0.6 is 0 Å². The van der Waals surface area contributed by atoms with E-state index < -0.39 is 17.1 Å². The van der Waals surface area contributed by atoms with Crippen LogP contribution in [0.15, 0.2) is 30.0 Å². The number of nitro groups is 1. The first-order valence-corrected chi connectivity index (χ1v) is 6.99. The highest BCUT2D eigenvalue weighted by Gasteiger charge is 2.16. The van der Waals surface area contributed by atoms with Crippen LogP contribution in [0.4, 0.5) is 11.4 Å². The summed E-state index contributed by atoms with van der Waals surface area (Å²) in [5.41, 5.74) is -0.185. The molecule has 1 aromatic carbocycles. The molecule has 0 spiro atoms. The van der Waals surface area contributed by atoms with Crippen molar-refractivity contribution < 1.29 is 23.9 Å². The Morgan fingerprint density at radius 1 is 1.40 bits per heavy atom. The molecule has 1 aromatic rings. The van der Waals surface area contributed by atoms with Crippen molar-refractivity contribution in [2.75, 3.05) is 33.2 Å². The number of nitro benzene ring substituents is 1. The molecule has 134 valence electrons. The molecule has 0 aromatic heterocycles. The summed E-state index contributed by atoms with van der Waals surface area (Å²) < 4.78 is 14.9. The SMILES string of the molecule is COc1cc([N+](=O)[O-])ccc1NC(=O)/C(C#N)=C\NCC(OC)OC. The molecule has 0 aliphatic rings. The lowest BCUT2D eigenvalue weighted by molar-refractivity contribution is -0.384. The van der Waals surface area contributed by atoms with Crippen molar-refractivity contribution in [3.8, 4) is 11.8 Å². The Labute approximate surface area is 144 Å². The van der Waals surface area contributed by atoms with Gasteiger partial charge in [-0.25, -0.2) is 0 Å². The van der Waals surface area contributed by atoms with E-state index in [4.69, 9.17) is 19.5 Å². The summed E-state index contributed by atoms with van der Waals surface area (Å²) in [5, 5.41) is 25.1. The molecule has 2 N–H and O–H groups in total. The van der Waals surface area contributed by atoms with Crippen LogP contribution in [0.25, 0.3) is 0 Å². The number of rotatable bonds is 9. The van der Waals surface area contributed by atoms with Crippen LogP contribution in [0.5, 0.6) is 5.75 Å². The minimum absolute atomic E-state index is 0.103. The number of amides is 1. The Bertz CT molecular complexity index is 694. The standard InChI is InChI=1S/C15H18N4O6/c1-23-13-6-11(19(21)22)4-5-12(13)18-15(20)10(7-16)8-17-9-14(24-2)25-3/h4-6,8,14,17H,9H2,1-3H3,(H,18,20)/b10-8-. The third-order valence-electron chi connectivity index (χ3n) is 3.07. The van der Waals surface area contributed by atoms with Gasteiger partial charge in [0, 0.05) is 26.5 Å². The first-order valence-electron chi connectivity index (χ1n) is 6.99. The molecule has 0 saturated carbocycles. The van der Waals surface area contributed by atoms with Gasteiger partial charge in [0.1, 0.15) is 17.4 Å². The van der Waals surface area contributed by atoms with Crippen LogP contribution in [-0.4, -0.2) is 45.0 Å². The molecule has 1 amide bonds. The number of methoxy groups -OCH3 is 3. The number of nitriles is 1. The van der Waals surface area contributed by atoms with Crippen LogP contribution in [0.2, 0.25) is 0 Å². The van der Waals surface area contributed by atoms with Crippen molar-refractivity contribution in [3.63, 3.8) is 0 Å². The fourth-order valence-corrected chi connectivity index (χ4v) is 1.76. The summed E-state index contributed by atoms with van der Waals surface area (Å²) in [5.74, 6) is -0.597. The van der Waals surface area contributed by atoms with Crippen LogP contribution in [0.1, 0.15) is 0 Å². The molecule has 1 rings (SSSR count). The molecule has 10 heteroatoms. The maximum atomic E-state index is 12.2. The van der Waals surface area contributed by atoms with E-state index in [1.165, 1.54) is 45.7 Å². The normalized spacial score (nSPS) is 10.9. The Hall–Kier alpha value is -3.16. The van der Waals surface area contributed by atoms with E-state index in [1.54, 1.807) is 6.07 Å². The van der Waals surface area contributed by atoms with Gasteiger partial charge in [0.05, 0.1) is 30.3 Å². The van der Waals surface area contributed by atoms with E-state index in [0.29, 0.717) is 0 Å². The lowest BCUT2D eigenvalue weighted by Crippen LogP contribution is -2.27. The average Bonchev–Trinajstić information content (AvgIpc) is 2.62. The Kier molecular flexibility index (Phi) is 7.85. The molecule has 0 radical (unpaired) electrons. The van der Waals surface area contributed by atoms with Gasteiger partial charge in [0.15, 0.2) is 6.29 Å². The van der Waals surface area contributed by atoms with E-state index in [0.717, 1.165) is 0 Å². The number of hydrogen-bond acceptors (Lipinski definition) is 8. The predicted octanol–water partition coefficient (Wildman–Crippen LogP) is 1.16. The highest BCUT2D eigenvalue weighted by molar-refractivity contribution is 6.07. The lowest BCUT2D eigenvalue weighted by Gasteiger charge is -2.13. The molecule has 0 bridgehead atoms. The number of carbonyl (C=O) groups excluding carboxylic acids is 1. The molecule has 0 unspecified atom stereocenters. The third kappa shape index (κ3) is 5.76. The van der Waals surface area contributed by atoms with Gasteiger partial charge in [-0.3, -0.25) is 14.9 Å². The summed E-state index contributed by atoms with van der Waals surface area (Å²) in [7, 11) is 4.23. The zero-order chi connectivity index (χ0) is 18.8. The van der Waals surface area contributed by atoms with Gasteiger partial charge in [0.2, 0.25) is 0 Å². The van der Waals surface area contributed by atoms with Crippen molar-refractivity contribution >= 4 is 17.3 Å². The molecule has 0 saturated heterocycles. The van der Waals surface area contributed by atoms with Gasteiger partial charge >= 0.3 is 0 Å². The zero-order valence-corrected chi connectivity index (χ0v) is 13.9.